The standard InChI is InChI=1S/C19H21N7O2/c1-26-11-15(23-19(27)22-8-13-5-3-2-4-6-13)7-16(26)18-24-17(25-28-18)14-9-20-12-21-10-14/h2-6,9-10,12,15-16H,7-8,11H2,1H3,(H2,22,23,27)/t15-,16-/m0/s1. The summed E-state index contributed by atoms with van der Waals surface area (Å²) < 4.78 is 5.45. The number of aromatic nitrogens is 4. The van der Waals surface area contributed by atoms with E-state index in [4.69, 9.17) is 4.52 Å². The van der Waals surface area contributed by atoms with E-state index in [-0.39, 0.29) is 18.1 Å². The van der Waals surface area contributed by atoms with E-state index in [1.807, 2.05) is 37.4 Å². The zero-order valence-electron chi connectivity index (χ0n) is 15.4. The van der Waals surface area contributed by atoms with Crippen LogP contribution < -0.4 is 10.6 Å². The SMILES string of the molecule is CN1C[C@@H](NC(=O)NCc2ccccc2)C[C@H]1c1nc(-c2cncnc2)no1. The molecule has 0 spiro atoms. The van der Waals surface area contributed by atoms with Crippen molar-refractivity contribution >= 4 is 6.03 Å². The summed E-state index contributed by atoms with van der Waals surface area (Å²) in [7, 11) is 1.98. The van der Waals surface area contributed by atoms with Crippen LogP contribution in [0, 0.1) is 0 Å². The number of likely N-dealkylation sites (tertiary alicyclic amines) is 1. The van der Waals surface area contributed by atoms with E-state index in [1.54, 1.807) is 12.4 Å². The largest absolute Gasteiger partial charge is 0.337 e. The third kappa shape index (κ3) is 4.15. The van der Waals surface area contributed by atoms with Gasteiger partial charge in [0.1, 0.15) is 6.33 Å². The predicted octanol–water partition coefficient (Wildman–Crippen LogP) is 1.77. The summed E-state index contributed by atoms with van der Waals surface area (Å²) in [5.74, 6) is 0.983. The quantitative estimate of drug-likeness (QED) is 0.695. The summed E-state index contributed by atoms with van der Waals surface area (Å²) in [5.41, 5.74) is 1.76. The predicted molar refractivity (Wildman–Crippen MR) is 101 cm³/mol. The second kappa shape index (κ2) is 8.13. The lowest BCUT2D eigenvalue weighted by Gasteiger charge is -2.14. The van der Waals surface area contributed by atoms with Gasteiger partial charge in [0.2, 0.25) is 11.7 Å². The van der Waals surface area contributed by atoms with Crippen LogP contribution in [-0.4, -0.2) is 50.7 Å². The molecular formula is C19H21N7O2. The van der Waals surface area contributed by atoms with Gasteiger partial charge in [-0.25, -0.2) is 14.8 Å². The van der Waals surface area contributed by atoms with Crippen LogP contribution in [0.2, 0.25) is 0 Å². The van der Waals surface area contributed by atoms with Gasteiger partial charge in [-0.05, 0) is 19.0 Å². The highest BCUT2D eigenvalue weighted by atomic mass is 16.5. The van der Waals surface area contributed by atoms with Crippen LogP contribution in [-0.2, 0) is 6.54 Å². The Bertz CT molecular complexity index is 916. The van der Waals surface area contributed by atoms with Gasteiger partial charge in [-0.1, -0.05) is 35.5 Å². The monoisotopic (exact) mass is 379 g/mol. The molecular weight excluding hydrogens is 358 g/mol. The lowest BCUT2D eigenvalue weighted by atomic mass is 10.1. The van der Waals surface area contributed by atoms with Crippen LogP contribution in [0.4, 0.5) is 4.79 Å². The molecule has 0 bridgehead atoms. The number of carbonyl (C=O) groups is 1. The third-order valence-corrected chi connectivity index (χ3v) is 4.72. The topological polar surface area (TPSA) is 109 Å². The van der Waals surface area contributed by atoms with Gasteiger partial charge in [-0.2, -0.15) is 4.98 Å². The van der Waals surface area contributed by atoms with Gasteiger partial charge in [-0.3, -0.25) is 4.90 Å². The number of hydrogen-bond donors (Lipinski definition) is 2. The van der Waals surface area contributed by atoms with E-state index in [0.717, 1.165) is 5.56 Å². The summed E-state index contributed by atoms with van der Waals surface area (Å²) in [6.07, 6.45) is 5.43. The first-order valence-corrected chi connectivity index (χ1v) is 9.06. The van der Waals surface area contributed by atoms with Crippen LogP contribution in [0.5, 0.6) is 0 Å². The maximum atomic E-state index is 12.2. The summed E-state index contributed by atoms with van der Waals surface area (Å²) in [6.45, 7) is 1.19. The number of rotatable bonds is 5. The van der Waals surface area contributed by atoms with Crippen molar-refractivity contribution in [1.29, 1.82) is 0 Å². The molecule has 9 heteroatoms. The Morgan fingerprint density at radius 1 is 1.25 bits per heavy atom. The normalized spacial score (nSPS) is 19.5. The number of likely N-dealkylation sites (N-methyl/N-ethyl adjacent to an activating group) is 1. The fourth-order valence-electron chi connectivity index (χ4n) is 3.31. The molecule has 2 atom stereocenters. The first kappa shape index (κ1) is 18.1. The van der Waals surface area contributed by atoms with Crippen molar-refractivity contribution in [2.75, 3.05) is 13.6 Å². The van der Waals surface area contributed by atoms with Crippen molar-refractivity contribution < 1.29 is 9.32 Å². The van der Waals surface area contributed by atoms with Crippen LogP contribution in [0.15, 0.2) is 53.6 Å². The number of carbonyl (C=O) groups excluding carboxylic acids is 1. The van der Waals surface area contributed by atoms with Crippen LogP contribution >= 0.6 is 0 Å². The van der Waals surface area contributed by atoms with Crippen LogP contribution in [0.25, 0.3) is 11.4 Å². The van der Waals surface area contributed by atoms with Gasteiger partial charge in [0.25, 0.3) is 0 Å². The molecule has 0 radical (unpaired) electrons. The second-order valence-electron chi connectivity index (χ2n) is 6.78. The number of hydrogen-bond acceptors (Lipinski definition) is 7. The first-order valence-electron chi connectivity index (χ1n) is 9.06. The minimum atomic E-state index is -0.185. The zero-order chi connectivity index (χ0) is 19.3. The van der Waals surface area contributed by atoms with E-state index < -0.39 is 0 Å². The molecule has 1 aliphatic heterocycles. The molecule has 28 heavy (non-hydrogen) atoms. The van der Waals surface area contributed by atoms with E-state index in [0.29, 0.717) is 36.8 Å². The van der Waals surface area contributed by atoms with Crippen LogP contribution in [0.1, 0.15) is 23.9 Å². The Hall–Kier alpha value is -3.33. The Morgan fingerprint density at radius 3 is 2.82 bits per heavy atom. The van der Waals surface area contributed by atoms with Gasteiger partial charge in [0.15, 0.2) is 0 Å². The van der Waals surface area contributed by atoms with Crippen molar-refractivity contribution in [2.45, 2.75) is 25.0 Å². The Kier molecular flexibility index (Phi) is 5.24. The Labute approximate surface area is 162 Å². The first-order chi connectivity index (χ1) is 13.7. The number of benzene rings is 1. The van der Waals surface area contributed by atoms with Gasteiger partial charge in [-0.15, -0.1) is 0 Å². The number of urea groups is 1. The van der Waals surface area contributed by atoms with Crippen molar-refractivity contribution in [2.24, 2.45) is 0 Å². The molecule has 4 rings (SSSR count). The fourth-order valence-corrected chi connectivity index (χ4v) is 3.31. The molecule has 3 aromatic rings. The highest BCUT2D eigenvalue weighted by molar-refractivity contribution is 5.74. The molecule has 1 fully saturated rings. The summed E-state index contributed by atoms with van der Waals surface area (Å²) in [6, 6.07) is 9.57. The summed E-state index contributed by atoms with van der Waals surface area (Å²) in [4.78, 5) is 26.7. The summed E-state index contributed by atoms with van der Waals surface area (Å²) >= 11 is 0. The smallest absolute Gasteiger partial charge is 0.315 e. The minimum absolute atomic E-state index is 0.00109. The highest BCUT2D eigenvalue weighted by Gasteiger charge is 2.35. The molecule has 1 aliphatic rings. The molecule has 2 N–H and O–H groups in total. The molecule has 2 aromatic heterocycles. The molecule has 1 saturated heterocycles. The maximum absolute atomic E-state index is 12.2. The number of nitrogens with one attached hydrogen (secondary N) is 2. The molecule has 2 amide bonds. The molecule has 0 aliphatic carbocycles. The fraction of sp³-hybridized carbons (Fsp3) is 0.316. The zero-order valence-corrected chi connectivity index (χ0v) is 15.4. The molecule has 0 saturated carbocycles. The Balaban J connectivity index is 1.33. The average molecular weight is 379 g/mol. The van der Waals surface area contributed by atoms with Crippen molar-refractivity contribution in [3.8, 4) is 11.4 Å². The van der Waals surface area contributed by atoms with Crippen molar-refractivity contribution in [3.63, 3.8) is 0 Å². The Morgan fingerprint density at radius 2 is 2.04 bits per heavy atom. The lowest BCUT2D eigenvalue weighted by molar-refractivity contribution is 0.236. The maximum Gasteiger partial charge on any atom is 0.315 e. The number of amides is 2. The molecule has 3 heterocycles. The molecule has 9 nitrogen and oxygen atoms in total. The van der Waals surface area contributed by atoms with Crippen LogP contribution in [0.3, 0.4) is 0 Å². The molecule has 0 unspecified atom stereocenters. The van der Waals surface area contributed by atoms with E-state index in [2.05, 4.69) is 35.6 Å². The van der Waals surface area contributed by atoms with E-state index >= 15 is 0 Å². The van der Waals surface area contributed by atoms with Gasteiger partial charge in [0.05, 0.1) is 11.6 Å². The van der Waals surface area contributed by atoms with Crippen molar-refractivity contribution in [3.05, 3.63) is 60.5 Å². The molecule has 144 valence electrons. The minimum Gasteiger partial charge on any atom is -0.337 e. The van der Waals surface area contributed by atoms with E-state index in [1.165, 1.54) is 6.33 Å². The molecule has 1 aromatic carbocycles. The van der Waals surface area contributed by atoms with Gasteiger partial charge in [0, 0.05) is 31.5 Å². The average Bonchev–Trinajstić information content (AvgIpc) is 3.34. The lowest BCUT2D eigenvalue weighted by Crippen LogP contribution is -2.42. The highest BCUT2D eigenvalue weighted by Crippen LogP contribution is 2.30. The van der Waals surface area contributed by atoms with E-state index in [9.17, 15) is 4.79 Å². The summed E-state index contributed by atoms with van der Waals surface area (Å²) in [5, 5.41) is 9.93. The second-order valence-corrected chi connectivity index (χ2v) is 6.78. The van der Waals surface area contributed by atoms with Gasteiger partial charge >= 0.3 is 6.03 Å². The van der Waals surface area contributed by atoms with Crippen molar-refractivity contribution in [1.82, 2.24) is 35.6 Å². The number of nitrogens with zero attached hydrogens (tertiary/aromatic N) is 5. The van der Waals surface area contributed by atoms with Gasteiger partial charge < -0.3 is 15.2 Å². The third-order valence-electron chi connectivity index (χ3n) is 4.72.